The molecule has 0 spiro atoms. The average Bonchev–Trinajstić information content (AvgIpc) is 3.18. The lowest BCUT2D eigenvalue weighted by Gasteiger charge is -2.40. The molecular formula is C22H27FN4O5. The Morgan fingerprint density at radius 2 is 1.91 bits per heavy atom. The van der Waals surface area contributed by atoms with Crippen molar-refractivity contribution in [3.05, 3.63) is 30.3 Å². The minimum atomic E-state index is -1.17. The van der Waals surface area contributed by atoms with Crippen molar-refractivity contribution in [2.24, 2.45) is 0 Å². The number of hydrogen-bond donors (Lipinski definition) is 1. The van der Waals surface area contributed by atoms with Crippen molar-refractivity contribution in [1.29, 1.82) is 5.26 Å². The van der Waals surface area contributed by atoms with Gasteiger partial charge in [0.05, 0.1) is 19.2 Å². The topological polar surface area (TPSA) is 112 Å². The number of halogens is 1. The van der Waals surface area contributed by atoms with Crippen molar-refractivity contribution < 1.29 is 28.2 Å². The number of para-hydroxylation sites is 1. The van der Waals surface area contributed by atoms with Crippen LogP contribution < -0.4 is 10.1 Å². The molecule has 0 unspecified atom stereocenters. The molecule has 2 heterocycles. The third kappa shape index (κ3) is 6.17. The fraction of sp³-hybridized carbons (Fsp3) is 0.545. The lowest BCUT2D eigenvalue weighted by molar-refractivity contribution is -0.137. The van der Waals surface area contributed by atoms with Crippen LogP contribution in [0.3, 0.4) is 0 Å². The van der Waals surface area contributed by atoms with Crippen LogP contribution in [0.25, 0.3) is 0 Å². The number of carbonyl (C=O) groups is 3. The van der Waals surface area contributed by atoms with Gasteiger partial charge in [0.25, 0.3) is 5.91 Å². The summed E-state index contributed by atoms with van der Waals surface area (Å²) in [5.41, 5.74) is -0.378. The Labute approximate surface area is 186 Å². The quantitative estimate of drug-likeness (QED) is 0.522. The number of ether oxygens (including phenoxy) is 2. The summed E-state index contributed by atoms with van der Waals surface area (Å²) in [6.07, 6.45) is -0.875. The predicted molar refractivity (Wildman–Crippen MR) is 111 cm³/mol. The zero-order valence-corrected chi connectivity index (χ0v) is 18.0. The molecule has 3 rings (SSSR count). The fourth-order valence-corrected chi connectivity index (χ4v) is 3.83. The second-order valence-electron chi connectivity index (χ2n) is 8.27. The first kappa shape index (κ1) is 23.5. The Morgan fingerprint density at radius 3 is 2.56 bits per heavy atom. The summed E-state index contributed by atoms with van der Waals surface area (Å²) in [6.45, 7) is 2.37. The van der Waals surface area contributed by atoms with Crippen LogP contribution in [0.1, 0.15) is 26.2 Å². The third-order valence-electron chi connectivity index (χ3n) is 5.86. The second kappa shape index (κ2) is 10.4. The van der Waals surface area contributed by atoms with Gasteiger partial charge in [0.15, 0.2) is 6.61 Å². The molecule has 2 aliphatic heterocycles. The molecule has 2 atom stereocenters. The predicted octanol–water partition coefficient (Wildman–Crippen LogP) is 1.64. The van der Waals surface area contributed by atoms with Crippen LogP contribution in [0.5, 0.6) is 5.75 Å². The molecule has 2 fully saturated rings. The van der Waals surface area contributed by atoms with E-state index in [9.17, 15) is 18.8 Å². The van der Waals surface area contributed by atoms with Gasteiger partial charge in [-0.25, -0.2) is 9.18 Å². The van der Waals surface area contributed by atoms with Crippen LogP contribution in [0.2, 0.25) is 0 Å². The maximum atomic E-state index is 13.5. The number of nitrogens with one attached hydrogen (secondary N) is 1. The number of alkyl halides is 1. The van der Waals surface area contributed by atoms with Gasteiger partial charge in [0.1, 0.15) is 18.0 Å². The third-order valence-corrected chi connectivity index (χ3v) is 5.86. The van der Waals surface area contributed by atoms with Gasteiger partial charge in [-0.15, -0.1) is 0 Å². The standard InChI is InChI=1S/C22H27FN4O5/c1-22(25-13-19(28)27-14-16(23)11-17(27)12-24)7-9-26(10-8-22)20(29)15-31-21(30)32-18-5-3-2-4-6-18/h2-6,16-17,25H,7-11,13-15H2,1H3/t16-,17-/m0/s1. The maximum absolute atomic E-state index is 13.5. The van der Waals surface area contributed by atoms with Crippen LogP contribution in [0.4, 0.5) is 9.18 Å². The first-order valence-corrected chi connectivity index (χ1v) is 10.6. The van der Waals surface area contributed by atoms with E-state index in [1.807, 2.05) is 13.0 Å². The van der Waals surface area contributed by atoms with Crippen molar-refractivity contribution in [1.82, 2.24) is 15.1 Å². The number of nitrogens with zero attached hydrogens (tertiary/aromatic N) is 3. The largest absolute Gasteiger partial charge is 0.514 e. The van der Waals surface area contributed by atoms with E-state index in [-0.39, 0.29) is 36.9 Å². The maximum Gasteiger partial charge on any atom is 0.514 e. The smallest absolute Gasteiger partial charge is 0.424 e. The number of benzene rings is 1. The minimum Gasteiger partial charge on any atom is -0.424 e. The van der Waals surface area contributed by atoms with Crippen molar-refractivity contribution in [2.45, 2.75) is 43.9 Å². The van der Waals surface area contributed by atoms with Gasteiger partial charge in [-0.05, 0) is 31.9 Å². The van der Waals surface area contributed by atoms with Gasteiger partial charge >= 0.3 is 6.16 Å². The van der Waals surface area contributed by atoms with E-state index in [0.717, 1.165) is 0 Å². The fourth-order valence-electron chi connectivity index (χ4n) is 3.83. The molecule has 1 aromatic carbocycles. The Hall–Kier alpha value is -3.19. The highest BCUT2D eigenvalue weighted by Crippen LogP contribution is 2.23. The summed E-state index contributed by atoms with van der Waals surface area (Å²) < 4.78 is 23.4. The lowest BCUT2D eigenvalue weighted by atomic mass is 9.89. The summed E-state index contributed by atoms with van der Waals surface area (Å²) in [5.74, 6) is -0.297. The molecule has 32 heavy (non-hydrogen) atoms. The summed E-state index contributed by atoms with van der Waals surface area (Å²) in [6, 6.07) is 9.67. The van der Waals surface area contributed by atoms with Crippen molar-refractivity contribution in [3.63, 3.8) is 0 Å². The summed E-state index contributed by atoms with van der Waals surface area (Å²) in [5, 5.41) is 12.3. The van der Waals surface area contributed by atoms with Crippen LogP contribution in [-0.2, 0) is 14.3 Å². The van der Waals surface area contributed by atoms with Crippen LogP contribution in [0, 0.1) is 11.3 Å². The second-order valence-corrected chi connectivity index (χ2v) is 8.27. The molecule has 1 N–H and O–H groups in total. The van der Waals surface area contributed by atoms with Gasteiger partial charge in [0, 0.05) is 25.0 Å². The molecule has 2 saturated heterocycles. The van der Waals surface area contributed by atoms with Crippen LogP contribution in [-0.4, -0.2) is 78.3 Å². The average molecular weight is 446 g/mol. The van der Waals surface area contributed by atoms with Crippen molar-refractivity contribution >= 4 is 18.0 Å². The highest BCUT2D eigenvalue weighted by molar-refractivity contribution is 5.80. The SMILES string of the molecule is CC1(NCC(=O)N2C[C@@H](F)C[C@H]2C#N)CCN(C(=O)COC(=O)Oc2ccccc2)CC1. The van der Waals surface area contributed by atoms with E-state index < -0.39 is 25.0 Å². The molecule has 2 amide bonds. The summed E-state index contributed by atoms with van der Waals surface area (Å²) in [4.78, 5) is 39.4. The number of amides is 2. The molecule has 1 aromatic rings. The van der Waals surface area contributed by atoms with Gasteiger partial charge < -0.3 is 24.6 Å². The van der Waals surface area contributed by atoms with E-state index in [2.05, 4.69) is 5.32 Å². The number of likely N-dealkylation sites (tertiary alicyclic amines) is 2. The van der Waals surface area contributed by atoms with Crippen LogP contribution in [0.15, 0.2) is 30.3 Å². The molecule has 0 radical (unpaired) electrons. The molecule has 0 saturated carbocycles. The lowest BCUT2D eigenvalue weighted by Crippen LogP contribution is -2.55. The highest BCUT2D eigenvalue weighted by Gasteiger charge is 2.37. The molecule has 0 bridgehead atoms. The summed E-state index contributed by atoms with van der Waals surface area (Å²) in [7, 11) is 0. The van der Waals surface area contributed by atoms with Crippen LogP contribution >= 0.6 is 0 Å². The zero-order chi connectivity index (χ0) is 23.1. The van der Waals surface area contributed by atoms with Gasteiger partial charge in [0.2, 0.25) is 5.91 Å². The summed E-state index contributed by atoms with van der Waals surface area (Å²) >= 11 is 0. The van der Waals surface area contributed by atoms with Crippen molar-refractivity contribution in [2.75, 3.05) is 32.8 Å². The monoisotopic (exact) mass is 446 g/mol. The molecule has 10 heteroatoms. The normalized spacial score (nSPS) is 22.2. The number of hydrogen-bond acceptors (Lipinski definition) is 7. The number of rotatable bonds is 6. The zero-order valence-electron chi connectivity index (χ0n) is 18.0. The highest BCUT2D eigenvalue weighted by atomic mass is 19.1. The Kier molecular flexibility index (Phi) is 7.64. The number of nitriles is 1. The van der Waals surface area contributed by atoms with E-state index in [4.69, 9.17) is 14.7 Å². The Bertz CT molecular complexity index is 867. The van der Waals surface area contributed by atoms with E-state index in [1.165, 1.54) is 4.90 Å². The Morgan fingerprint density at radius 1 is 1.22 bits per heavy atom. The van der Waals surface area contributed by atoms with E-state index in [1.54, 1.807) is 35.2 Å². The molecule has 0 aliphatic carbocycles. The number of carbonyl (C=O) groups excluding carboxylic acids is 3. The van der Waals surface area contributed by atoms with Crippen molar-refractivity contribution in [3.8, 4) is 11.8 Å². The van der Waals surface area contributed by atoms with E-state index >= 15 is 0 Å². The number of piperidine rings is 1. The first-order chi connectivity index (χ1) is 15.3. The molecule has 0 aromatic heterocycles. The van der Waals surface area contributed by atoms with Gasteiger partial charge in [-0.3, -0.25) is 9.59 Å². The minimum absolute atomic E-state index is 0.00375. The first-order valence-electron chi connectivity index (χ1n) is 10.6. The molecule has 172 valence electrons. The molecule has 2 aliphatic rings. The molecule has 9 nitrogen and oxygen atoms in total. The van der Waals surface area contributed by atoms with E-state index in [0.29, 0.717) is 31.7 Å². The van der Waals surface area contributed by atoms with Gasteiger partial charge in [-0.1, -0.05) is 18.2 Å². The Balaban J connectivity index is 1.39. The van der Waals surface area contributed by atoms with Gasteiger partial charge in [-0.2, -0.15) is 5.26 Å². The molecular weight excluding hydrogens is 419 g/mol.